The van der Waals surface area contributed by atoms with Gasteiger partial charge in [-0.15, -0.1) is 0 Å². The summed E-state index contributed by atoms with van der Waals surface area (Å²) in [6, 6.07) is 0.688. The van der Waals surface area contributed by atoms with E-state index in [2.05, 4.69) is 31.0 Å². The van der Waals surface area contributed by atoms with E-state index in [0.29, 0.717) is 11.6 Å². The van der Waals surface area contributed by atoms with Gasteiger partial charge in [-0.2, -0.15) is 0 Å². The van der Waals surface area contributed by atoms with Crippen LogP contribution in [-0.4, -0.2) is 36.1 Å². The molecule has 1 unspecified atom stereocenters. The topological polar surface area (TPSA) is 15.3 Å². The standard InChI is InChI=1S/C15H30N2/c1-4-16-14(13-9-5-6-10-13)15(2,3)17-11-7-8-12-17/h13-14,16H,4-12H2,1-3H3. The first-order valence-electron chi connectivity index (χ1n) is 7.64. The second-order valence-electron chi connectivity index (χ2n) is 6.43. The first-order chi connectivity index (χ1) is 8.16. The van der Waals surface area contributed by atoms with Crippen molar-refractivity contribution in [3.63, 3.8) is 0 Å². The summed E-state index contributed by atoms with van der Waals surface area (Å²) in [5.74, 6) is 0.908. The van der Waals surface area contributed by atoms with Crippen LogP contribution >= 0.6 is 0 Å². The molecule has 1 saturated carbocycles. The minimum Gasteiger partial charge on any atom is -0.312 e. The Morgan fingerprint density at radius 1 is 1.12 bits per heavy atom. The fourth-order valence-electron chi connectivity index (χ4n) is 3.99. The zero-order chi connectivity index (χ0) is 12.3. The molecule has 100 valence electrons. The lowest BCUT2D eigenvalue weighted by Gasteiger charge is -2.45. The molecule has 1 N–H and O–H groups in total. The Labute approximate surface area is 107 Å². The summed E-state index contributed by atoms with van der Waals surface area (Å²) in [5, 5.41) is 3.80. The van der Waals surface area contributed by atoms with Crippen LogP contribution in [0, 0.1) is 5.92 Å². The lowest BCUT2D eigenvalue weighted by atomic mass is 9.82. The minimum absolute atomic E-state index is 0.335. The van der Waals surface area contributed by atoms with E-state index in [4.69, 9.17) is 0 Å². The normalized spacial score (nSPS) is 25.6. The maximum atomic E-state index is 3.80. The Morgan fingerprint density at radius 2 is 1.71 bits per heavy atom. The van der Waals surface area contributed by atoms with Gasteiger partial charge < -0.3 is 5.32 Å². The molecule has 0 aromatic rings. The van der Waals surface area contributed by atoms with Crippen LogP contribution < -0.4 is 5.32 Å². The summed E-state index contributed by atoms with van der Waals surface area (Å²) in [6.07, 6.45) is 8.56. The van der Waals surface area contributed by atoms with Gasteiger partial charge in [-0.25, -0.2) is 0 Å². The molecule has 2 fully saturated rings. The van der Waals surface area contributed by atoms with Crippen molar-refractivity contribution in [1.29, 1.82) is 0 Å². The third kappa shape index (κ3) is 2.85. The molecule has 1 atom stereocenters. The quantitative estimate of drug-likeness (QED) is 0.792. The first kappa shape index (κ1) is 13.4. The number of nitrogens with one attached hydrogen (secondary N) is 1. The van der Waals surface area contributed by atoms with Crippen LogP contribution in [0.25, 0.3) is 0 Å². The third-order valence-electron chi connectivity index (χ3n) is 4.98. The molecule has 2 aliphatic rings. The van der Waals surface area contributed by atoms with Crippen LogP contribution in [-0.2, 0) is 0 Å². The SMILES string of the molecule is CCNC(C1CCCC1)C(C)(C)N1CCCC1. The number of rotatable bonds is 5. The van der Waals surface area contributed by atoms with Gasteiger partial charge in [-0.05, 0) is 65.1 Å². The summed E-state index contributed by atoms with van der Waals surface area (Å²) in [5.41, 5.74) is 0.335. The molecule has 2 heteroatoms. The molecule has 1 saturated heterocycles. The summed E-state index contributed by atoms with van der Waals surface area (Å²) >= 11 is 0. The van der Waals surface area contributed by atoms with Crippen LogP contribution in [0.4, 0.5) is 0 Å². The molecular weight excluding hydrogens is 208 g/mol. The maximum absolute atomic E-state index is 3.80. The molecule has 0 aromatic carbocycles. The van der Waals surface area contributed by atoms with Crippen molar-refractivity contribution in [2.24, 2.45) is 5.92 Å². The van der Waals surface area contributed by atoms with E-state index in [1.165, 1.54) is 51.6 Å². The summed E-state index contributed by atoms with van der Waals surface area (Å²) < 4.78 is 0. The van der Waals surface area contributed by atoms with Gasteiger partial charge in [0.15, 0.2) is 0 Å². The molecule has 0 bridgehead atoms. The van der Waals surface area contributed by atoms with Gasteiger partial charge in [0.05, 0.1) is 0 Å². The summed E-state index contributed by atoms with van der Waals surface area (Å²) in [4.78, 5) is 2.72. The van der Waals surface area contributed by atoms with Crippen molar-refractivity contribution in [3.05, 3.63) is 0 Å². The Balaban J connectivity index is 2.06. The molecule has 0 amide bonds. The lowest BCUT2D eigenvalue weighted by molar-refractivity contribution is 0.0790. The minimum atomic E-state index is 0.335. The number of hydrogen-bond donors (Lipinski definition) is 1. The molecule has 0 spiro atoms. The van der Waals surface area contributed by atoms with Crippen LogP contribution in [0.5, 0.6) is 0 Å². The average Bonchev–Trinajstić information content (AvgIpc) is 2.97. The van der Waals surface area contributed by atoms with E-state index >= 15 is 0 Å². The molecule has 1 aliphatic carbocycles. The molecule has 0 aromatic heterocycles. The van der Waals surface area contributed by atoms with Crippen molar-refractivity contribution < 1.29 is 0 Å². The van der Waals surface area contributed by atoms with Crippen molar-refractivity contribution in [3.8, 4) is 0 Å². The Hall–Kier alpha value is -0.0800. The molecule has 2 nitrogen and oxygen atoms in total. The predicted octanol–water partition coefficient (Wildman–Crippen LogP) is 3.03. The predicted molar refractivity (Wildman–Crippen MR) is 74.3 cm³/mol. The molecule has 1 aliphatic heterocycles. The number of likely N-dealkylation sites (tertiary alicyclic amines) is 1. The van der Waals surface area contributed by atoms with Crippen molar-refractivity contribution in [1.82, 2.24) is 10.2 Å². The number of hydrogen-bond acceptors (Lipinski definition) is 2. The van der Waals surface area contributed by atoms with Gasteiger partial charge >= 0.3 is 0 Å². The molecule has 0 radical (unpaired) electrons. The van der Waals surface area contributed by atoms with E-state index in [1.807, 2.05) is 0 Å². The van der Waals surface area contributed by atoms with E-state index in [1.54, 1.807) is 0 Å². The highest BCUT2D eigenvalue weighted by atomic mass is 15.2. The van der Waals surface area contributed by atoms with E-state index in [0.717, 1.165) is 12.5 Å². The fraction of sp³-hybridized carbons (Fsp3) is 1.00. The Kier molecular flexibility index (Phi) is 4.48. The van der Waals surface area contributed by atoms with Gasteiger partial charge in [0.25, 0.3) is 0 Å². The zero-order valence-corrected chi connectivity index (χ0v) is 12.0. The van der Waals surface area contributed by atoms with Gasteiger partial charge in [-0.1, -0.05) is 19.8 Å². The lowest BCUT2D eigenvalue weighted by Crippen LogP contribution is -2.59. The highest BCUT2D eigenvalue weighted by Gasteiger charge is 2.40. The summed E-state index contributed by atoms with van der Waals surface area (Å²) in [7, 11) is 0. The fourth-order valence-corrected chi connectivity index (χ4v) is 3.99. The highest BCUT2D eigenvalue weighted by Crippen LogP contribution is 2.35. The van der Waals surface area contributed by atoms with Gasteiger partial charge in [-0.3, -0.25) is 4.90 Å². The second kappa shape index (κ2) is 5.71. The third-order valence-corrected chi connectivity index (χ3v) is 4.98. The number of likely N-dealkylation sites (N-methyl/N-ethyl adjacent to an activating group) is 1. The van der Waals surface area contributed by atoms with Gasteiger partial charge in [0, 0.05) is 11.6 Å². The van der Waals surface area contributed by atoms with Crippen LogP contribution in [0.1, 0.15) is 59.3 Å². The average molecular weight is 238 g/mol. The van der Waals surface area contributed by atoms with Crippen molar-refractivity contribution >= 4 is 0 Å². The van der Waals surface area contributed by atoms with Crippen LogP contribution in [0.2, 0.25) is 0 Å². The largest absolute Gasteiger partial charge is 0.312 e. The molecule has 17 heavy (non-hydrogen) atoms. The monoisotopic (exact) mass is 238 g/mol. The second-order valence-corrected chi connectivity index (χ2v) is 6.43. The zero-order valence-electron chi connectivity index (χ0n) is 12.0. The van der Waals surface area contributed by atoms with Crippen LogP contribution in [0.3, 0.4) is 0 Å². The smallest absolute Gasteiger partial charge is 0.0308 e. The maximum Gasteiger partial charge on any atom is 0.0308 e. The van der Waals surface area contributed by atoms with E-state index < -0.39 is 0 Å². The van der Waals surface area contributed by atoms with Crippen molar-refractivity contribution in [2.75, 3.05) is 19.6 Å². The van der Waals surface area contributed by atoms with Gasteiger partial charge in [0.2, 0.25) is 0 Å². The molecule has 2 rings (SSSR count). The Morgan fingerprint density at radius 3 is 2.24 bits per heavy atom. The highest BCUT2D eigenvalue weighted by molar-refractivity contribution is 4.99. The molecule has 1 heterocycles. The first-order valence-corrected chi connectivity index (χ1v) is 7.64. The Bertz CT molecular complexity index is 225. The van der Waals surface area contributed by atoms with Crippen LogP contribution in [0.15, 0.2) is 0 Å². The number of nitrogens with zero attached hydrogens (tertiary/aromatic N) is 1. The van der Waals surface area contributed by atoms with E-state index in [-0.39, 0.29) is 0 Å². The van der Waals surface area contributed by atoms with Gasteiger partial charge in [0.1, 0.15) is 0 Å². The van der Waals surface area contributed by atoms with E-state index in [9.17, 15) is 0 Å². The molecular formula is C15H30N2. The van der Waals surface area contributed by atoms with Crippen molar-refractivity contribution in [2.45, 2.75) is 70.9 Å². The summed E-state index contributed by atoms with van der Waals surface area (Å²) in [6.45, 7) is 10.9.